The molecule has 0 bridgehead atoms. The Morgan fingerprint density at radius 2 is 1.58 bits per heavy atom. The Kier molecular flexibility index (Phi) is 5.97. The summed E-state index contributed by atoms with van der Waals surface area (Å²) in [5.74, 6) is 0.0814. The quantitative estimate of drug-likeness (QED) is 0.731. The Bertz CT molecular complexity index is 697. The molecule has 2 aromatic carbocycles. The third-order valence-electron chi connectivity index (χ3n) is 4.51. The molecule has 2 aromatic rings. The predicted octanol–water partition coefficient (Wildman–Crippen LogP) is 5.47. The van der Waals surface area contributed by atoms with Gasteiger partial charge < -0.3 is 4.90 Å². The predicted molar refractivity (Wildman–Crippen MR) is 102 cm³/mol. The van der Waals surface area contributed by atoms with E-state index in [1.165, 1.54) is 11.1 Å². The second-order valence-electron chi connectivity index (χ2n) is 5.98. The summed E-state index contributed by atoms with van der Waals surface area (Å²) in [6, 6.07) is 16.3. The third-order valence-corrected chi connectivity index (χ3v) is 4.51. The zero-order valence-corrected chi connectivity index (χ0v) is 15.2. The minimum absolute atomic E-state index is 0.0814. The first-order valence-electron chi connectivity index (χ1n) is 8.76. The number of carbonyl (C=O) groups is 1. The van der Waals surface area contributed by atoms with Crippen LogP contribution in [0, 0.1) is 6.92 Å². The number of amides is 1. The molecule has 1 aliphatic rings. The van der Waals surface area contributed by atoms with Crippen LogP contribution in [-0.2, 0) is 6.42 Å². The van der Waals surface area contributed by atoms with Crippen LogP contribution in [0.2, 0.25) is 0 Å². The first-order chi connectivity index (χ1) is 11.6. The fourth-order valence-corrected chi connectivity index (χ4v) is 3.15. The summed E-state index contributed by atoms with van der Waals surface area (Å²) in [6.45, 7) is 12.4. The van der Waals surface area contributed by atoms with Crippen LogP contribution in [0.4, 0.5) is 0 Å². The van der Waals surface area contributed by atoms with E-state index in [-0.39, 0.29) is 11.9 Å². The maximum Gasteiger partial charge on any atom is 0.259 e. The van der Waals surface area contributed by atoms with Crippen molar-refractivity contribution in [2.45, 2.75) is 46.6 Å². The standard InChI is InChI=1S/C20H21NO.C2H6/c1-14-8-4-5-9-17(14)13-12-15(2)21-16(3)18-10-6-7-11-19(18)20(21)22;1-2/h4-11,15H,3,12-13H2,1-2H3;1-2H3/t15-;/m0./s1. The van der Waals surface area contributed by atoms with Crippen LogP contribution in [-0.4, -0.2) is 16.8 Å². The first kappa shape index (κ1) is 18.0. The number of hydrogen-bond donors (Lipinski definition) is 0. The molecular weight excluding hydrogens is 294 g/mol. The van der Waals surface area contributed by atoms with Crippen LogP contribution >= 0.6 is 0 Å². The highest BCUT2D eigenvalue weighted by Gasteiger charge is 2.33. The smallest absolute Gasteiger partial charge is 0.259 e. The lowest BCUT2D eigenvalue weighted by molar-refractivity contribution is 0.0808. The van der Waals surface area contributed by atoms with E-state index in [9.17, 15) is 4.79 Å². The lowest BCUT2D eigenvalue weighted by Gasteiger charge is -2.25. The molecule has 0 N–H and O–H groups in total. The summed E-state index contributed by atoms with van der Waals surface area (Å²) in [5.41, 5.74) is 5.23. The van der Waals surface area contributed by atoms with Gasteiger partial charge in [-0.3, -0.25) is 4.79 Å². The SMILES string of the molecule is C=C1c2ccccc2C(=O)N1[C@@H](C)CCc1ccccc1C.CC. The van der Waals surface area contributed by atoms with E-state index in [1.807, 2.05) is 43.0 Å². The van der Waals surface area contributed by atoms with Crippen molar-refractivity contribution in [3.63, 3.8) is 0 Å². The van der Waals surface area contributed by atoms with E-state index in [0.717, 1.165) is 29.7 Å². The van der Waals surface area contributed by atoms with Crippen molar-refractivity contribution in [3.8, 4) is 0 Å². The summed E-state index contributed by atoms with van der Waals surface area (Å²) in [4.78, 5) is 14.4. The molecule has 0 aliphatic carbocycles. The molecule has 2 heteroatoms. The van der Waals surface area contributed by atoms with Gasteiger partial charge in [-0.2, -0.15) is 0 Å². The van der Waals surface area contributed by atoms with E-state index in [4.69, 9.17) is 0 Å². The molecular formula is C22H27NO. The van der Waals surface area contributed by atoms with Gasteiger partial charge in [-0.15, -0.1) is 0 Å². The molecule has 24 heavy (non-hydrogen) atoms. The summed E-state index contributed by atoms with van der Waals surface area (Å²) in [7, 11) is 0. The number of nitrogens with zero attached hydrogens (tertiary/aromatic N) is 1. The van der Waals surface area contributed by atoms with E-state index >= 15 is 0 Å². The second-order valence-corrected chi connectivity index (χ2v) is 5.98. The van der Waals surface area contributed by atoms with E-state index in [1.54, 1.807) is 0 Å². The Morgan fingerprint density at radius 1 is 1.00 bits per heavy atom. The fraction of sp³-hybridized carbons (Fsp3) is 0.318. The monoisotopic (exact) mass is 321 g/mol. The zero-order chi connectivity index (χ0) is 17.7. The minimum atomic E-state index is 0.0814. The molecule has 0 spiro atoms. The minimum Gasteiger partial charge on any atom is -0.306 e. The van der Waals surface area contributed by atoms with E-state index in [2.05, 4.69) is 44.7 Å². The molecule has 1 atom stereocenters. The van der Waals surface area contributed by atoms with Crippen LogP contribution in [0.5, 0.6) is 0 Å². The molecule has 3 rings (SSSR count). The van der Waals surface area contributed by atoms with Gasteiger partial charge in [0.15, 0.2) is 0 Å². The molecule has 0 radical (unpaired) electrons. The molecule has 0 fully saturated rings. The Labute approximate surface area is 145 Å². The fourth-order valence-electron chi connectivity index (χ4n) is 3.15. The van der Waals surface area contributed by atoms with Crippen molar-refractivity contribution >= 4 is 11.6 Å². The topological polar surface area (TPSA) is 20.3 Å². The molecule has 0 saturated carbocycles. The summed E-state index contributed by atoms with van der Waals surface area (Å²) >= 11 is 0. The summed E-state index contributed by atoms with van der Waals surface area (Å²) in [6.07, 6.45) is 1.91. The Hall–Kier alpha value is -2.35. The van der Waals surface area contributed by atoms with Crippen molar-refractivity contribution in [2.24, 2.45) is 0 Å². The molecule has 1 aliphatic heterocycles. The summed E-state index contributed by atoms with van der Waals surface area (Å²) < 4.78 is 0. The molecule has 0 saturated heterocycles. The maximum absolute atomic E-state index is 12.6. The van der Waals surface area contributed by atoms with Gasteiger partial charge in [0, 0.05) is 22.9 Å². The van der Waals surface area contributed by atoms with Gasteiger partial charge in [0.05, 0.1) is 0 Å². The van der Waals surface area contributed by atoms with Gasteiger partial charge in [-0.1, -0.05) is 62.9 Å². The second kappa shape index (κ2) is 7.96. The van der Waals surface area contributed by atoms with Gasteiger partial charge in [-0.05, 0) is 43.9 Å². The lowest BCUT2D eigenvalue weighted by Crippen LogP contribution is -2.32. The number of benzene rings is 2. The summed E-state index contributed by atoms with van der Waals surface area (Å²) in [5, 5.41) is 0. The largest absolute Gasteiger partial charge is 0.306 e. The molecule has 126 valence electrons. The zero-order valence-electron chi connectivity index (χ0n) is 15.2. The molecule has 1 heterocycles. The van der Waals surface area contributed by atoms with E-state index in [0.29, 0.717) is 0 Å². The van der Waals surface area contributed by atoms with Crippen LogP contribution < -0.4 is 0 Å². The normalized spacial score (nSPS) is 14.1. The highest BCUT2D eigenvalue weighted by Crippen LogP contribution is 2.33. The highest BCUT2D eigenvalue weighted by molar-refractivity contribution is 6.09. The van der Waals surface area contributed by atoms with Gasteiger partial charge in [0.1, 0.15) is 0 Å². The molecule has 1 amide bonds. The number of hydrogen-bond acceptors (Lipinski definition) is 1. The number of fused-ring (bicyclic) bond motifs is 1. The number of carbonyl (C=O) groups excluding carboxylic acids is 1. The van der Waals surface area contributed by atoms with Gasteiger partial charge in [-0.25, -0.2) is 0 Å². The van der Waals surface area contributed by atoms with Crippen LogP contribution in [0.25, 0.3) is 5.70 Å². The molecule has 2 nitrogen and oxygen atoms in total. The van der Waals surface area contributed by atoms with Crippen LogP contribution in [0.15, 0.2) is 55.1 Å². The van der Waals surface area contributed by atoms with Crippen LogP contribution in [0.1, 0.15) is 54.2 Å². The number of rotatable bonds is 4. The van der Waals surface area contributed by atoms with Gasteiger partial charge in [0.25, 0.3) is 5.91 Å². The van der Waals surface area contributed by atoms with Crippen molar-refractivity contribution < 1.29 is 4.79 Å². The van der Waals surface area contributed by atoms with Gasteiger partial charge >= 0.3 is 0 Å². The van der Waals surface area contributed by atoms with Crippen LogP contribution in [0.3, 0.4) is 0 Å². The molecule has 0 aromatic heterocycles. The number of aryl methyl sites for hydroxylation is 2. The van der Waals surface area contributed by atoms with Crippen molar-refractivity contribution in [2.75, 3.05) is 0 Å². The van der Waals surface area contributed by atoms with E-state index < -0.39 is 0 Å². The Morgan fingerprint density at radius 3 is 2.21 bits per heavy atom. The molecule has 0 unspecified atom stereocenters. The average Bonchev–Trinajstić information content (AvgIpc) is 2.87. The lowest BCUT2D eigenvalue weighted by atomic mass is 10.0. The van der Waals surface area contributed by atoms with Crippen molar-refractivity contribution in [1.29, 1.82) is 0 Å². The van der Waals surface area contributed by atoms with Crippen molar-refractivity contribution in [1.82, 2.24) is 4.90 Å². The third kappa shape index (κ3) is 3.43. The maximum atomic E-state index is 12.6. The van der Waals surface area contributed by atoms with Crippen molar-refractivity contribution in [3.05, 3.63) is 77.4 Å². The Balaban J connectivity index is 0.00000100. The van der Waals surface area contributed by atoms with Gasteiger partial charge in [0.2, 0.25) is 0 Å². The average molecular weight is 321 g/mol. The first-order valence-corrected chi connectivity index (χ1v) is 8.76. The highest BCUT2D eigenvalue weighted by atomic mass is 16.2.